The Labute approximate surface area is 108 Å². The fourth-order valence-electron chi connectivity index (χ4n) is 2.07. The predicted octanol–water partition coefficient (Wildman–Crippen LogP) is 0.962. The van der Waals surface area contributed by atoms with Crippen LogP contribution in [0.5, 0.6) is 0 Å². The fourth-order valence-corrected chi connectivity index (χ4v) is 2.07. The van der Waals surface area contributed by atoms with E-state index in [2.05, 4.69) is 20.4 Å². The topological polar surface area (TPSA) is 63.4 Å². The maximum atomic E-state index is 5.44. The molecule has 0 spiro atoms. The van der Waals surface area contributed by atoms with E-state index in [-0.39, 0.29) is 6.10 Å². The number of nitrogens with zero attached hydrogens (tertiary/aromatic N) is 3. The highest BCUT2D eigenvalue weighted by Gasteiger charge is 2.16. The molecular weight excluding hydrogens is 232 g/mol. The molecule has 0 aromatic carbocycles. The lowest BCUT2D eigenvalue weighted by Crippen LogP contribution is -2.27. The van der Waals surface area contributed by atoms with Gasteiger partial charge in [0.1, 0.15) is 6.10 Å². The molecule has 0 saturated carbocycles. The quantitative estimate of drug-likeness (QED) is 0.844. The lowest BCUT2D eigenvalue weighted by atomic mass is 10.4. The first kappa shape index (κ1) is 13.5. The van der Waals surface area contributed by atoms with E-state index in [0.717, 1.165) is 39.1 Å². The van der Waals surface area contributed by atoms with Crippen molar-refractivity contribution in [1.29, 1.82) is 0 Å². The van der Waals surface area contributed by atoms with Crippen molar-refractivity contribution in [2.24, 2.45) is 0 Å². The Balaban J connectivity index is 1.89. The van der Waals surface area contributed by atoms with Gasteiger partial charge >= 0.3 is 0 Å². The Bertz CT molecular complexity index is 348. The van der Waals surface area contributed by atoms with Gasteiger partial charge in [0.15, 0.2) is 5.82 Å². The zero-order chi connectivity index (χ0) is 12.8. The van der Waals surface area contributed by atoms with Gasteiger partial charge < -0.3 is 14.6 Å². The molecule has 1 N–H and O–H groups in total. The molecule has 0 bridgehead atoms. The molecule has 102 valence electrons. The molecule has 1 aromatic rings. The van der Waals surface area contributed by atoms with Crippen LogP contribution in [0.4, 0.5) is 0 Å². The first-order chi connectivity index (χ1) is 8.79. The minimum absolute atomic E-state index is 0.0988. The summed E-state index contributed by atoms with van der Waals surface area (Å²) < 4.78 is 10.7. The molecule has 1 aromatic heterocycles. The van der Waals surface area contributed by atoms with Crippen molar-refractivity contribution in [1.82, 2.24) is 20.4 Å². The van der Waals surface area contributed by atoms with Gasteiger partial charge in [0.2, 0.25) is 5.89 Å². The van der Waals surface area contributed by atoms with E-state index >= 15 is 0 Å². The average molecular weight is 254 g/mol. The lowest BCUT2D eigenvalue weighted by molar-refractivity contribution is 0.0683. The number of hydrogen-bond acceptors (Lipinski definition) is 6. The summed E-state index contributed by atoms with van der Waals surface area (Å²) in [7, 11) is 0. The Morgan fingerprint density at radius 3 is 3.17 bits per heavy atom. The molecule has 0 amide bonds. The summed E-state index contributed by atoms with van der Waals surface area (Å²) >= 11 is 0. The van der Waals surface area contributed by atoms with Crippen molar-refractivity contribution < 1.29 is 9.26 Å². The highest BCUT2D eigenvalue weighted by molar-refractivity contribution is 4.90. The van der Waals surface area contributed by atoms with Crippen LogP contribution in [-0.2, 0) is 11.3 Å². The van der Waals surface area contributed by atoms with Gasteiger partial charge in [0.25, 0.3) is 0 Å². The van der Waals surface area contributed by atoms with Crippen LogP contribution in [0.25, 0.3) is 0 Å². The van der Waals surface area contributed by atoms with E-state index in [1.165, 1.54) is 0 Å². The van der Waals surface area contributed by atoms with E-state index in [1.54, 1.807) is 0 Å². The normalized spacial score (nSPS) is 19.7. The van der Waals surface area contributed by atoms with Gasteiger partial charge in [-0.05, 0) is 33.4 Å². The maximum Gasteiger partial charge on any atom is 0.240 e. The fraction of sp³-hybridized carbons (Fsp3) is 0.833. The molecule has 2 rings (SSSR count). The number of ether oxygens (including phenoxy) is 1. The Hall–Kier alpha value is -0.980. The second kappa shape index (κ2) is 6.82. The van der Waals surface area contributed by atoms with Gasteiger partial charge in [-0.25, -0.2) is 0 Å². The number of aromatic nitrogens is 2. The van der Waals surface area contributed by atoms with Crippen molar-refractivity contribution in [3.05, 3.63) is 11.7 Å². The molecule has 1 fully saturated rings. The highest BCUT2D eigenvalue weighted by atomic mass is 16.5. The molecule has 6 nitrogen and oxygen atoms in total. The summed E-state index contributed by atoms with van der Waals surface area (Å²) in [6.45, 7) is 9.50. The van der Waals surface area contributed by atoms with E-state index in [4.69, 9.17) is 9.26 Å². The highest BCUT2D eigenvalue weighted by Crippen LogP contribution is 2.13. The molecule has 1 atom stereocenters. The van der Waals surface area contributed by atoms with Gasteiger partial charge in [0, 0.05) is 19.7 Å². The van der Waals surface area contributed by atoms with Crippen molar-refractivity contribution in [2.45, 2.75) is 32.9 Å². The first-order valence-electron chi connectivity index (χ1n) is 6.66. The van der Waals surface area contributed by atoms with E-state index in [9.17, 15) is 0 Å². The number of hydrogen-bond donors (Lipinski definition) is 1. The summed E-state index contributed by atoms with van der Waals surface area (Å²) in [5.74, 6) is 1.32. The van der Waals surface area contributed by atoms with Crippen LogP contribution in [0.3, 0.4) is 0 Å². The van der Waals surface area contributed by atoms with Crippen LogP contribution in [-0.4, -0.2) is 47.8 Å². The van der Waals surface area contributed by atoms with Crippen molar-refractivity contribution in [2.75, 3.05) is 32.8 Å². The summed E-state index contributed by atoms with van der Waals surface area (Å²) in [6.07, 6.45) is 1.06. The van der Waals surface area contributed by atoms with Crippen molar-refractivity contribution in [3.63, 3.8) is 0 Å². The van der Waals surface area contributed by atoms with Crippen LogP contribution in [0, 0.1) is 0 Å². The summed E-state index contributed by atoms with van der Waals surface area (Å²) in [6, 6.07) is 0. The molecule has 1 saturated heterocycles. The number of nitrogens with one attached hydrogen (secondary N) is 1. The molecule has 0 radical (unpaired) electrons. The predicted molar refractivity (Wildman–Crippen MR) is 67.1 cm³/mol. The minimum Gasteiger partial charge on any atom is -0.371 e. The average Bonchev–Trinajstić information content (AvgIpc) is 2.67. The number of rotatable bonds is 5. The van der Waals surface area contributed by atoms with Crippen molar-refractivity contribution >= 4 is 0 Å². The van der Waals surface area contributed by atoms with Crippen LogP contribution in [0.15, 0.2) is 4.52 Å². The molecular formula is C12H22N4O2. The molecule has 0 unspecified atom stereocenters. The van der Waals surface area contributed by atoms with E-state index < -0.39 is 0 Å². The van der Waals surface area contributed by atoms with Crippen LogP contribution in [0.1, 0.15) is 38.1 Å². The Kier molecular flexibility index (Phi) is 5.10. The third-order valence-electron chi connectivity index (χ3n) is 3.06. The SMILES string of the molecule is CCO[C@H](C)c1noc(CN2CCCNCC2)n1. The monoisotopic (exact) mass is 254 g/mol. The van der Waals surface area contributed by atoms with Gasteiger partial charge in [-0.1, -0.05) is 5.16 Å². The van der Waals surface area contributed by atoms with Crippen LogP contribution in [0.2, 0.25) is 0 Å². The Morgan fingerprint density at radius 1 is 1.44 bits per heavy atom. The molecule has 0 aliphatic carbocycles. The van der Waals surface area contributed by atoms with E-state index in [1.807, 2.05) is 13.8 Å². The molecule has 1 aliphatic rings. The van der Waals surface area contributed by atoms with Gasteiger partial charge in [-0.3, -0.25) is 4.90 Å². The first-order valence-corrected chi connectivity index (χ1v) is 6.66. The lowest BCUT2D eigenvalue weighted by Gasteiger charge is -2.16. The van der Waals surface area contributed by atoms with Crippen molar-refractivity contribution in [3.8, 4) is 0 Å². The second-order valence-electron chi connectivity index (χ2n) is 4.52. The zero-order valence-electron chi connectivity index (χ0n) is 11.2. The Morgan fingerprint density at radius 2 is 2.33 bits per heavy atom. The maximum absolute atomic E-state index is 5.44. The second-order valence-corrected chi connectivity index (χ2v) is 4.52. The third-order valence-corrected chi connectivity index (χ3v) is 3.06. The molecule has 6 heteroatoms. The summed E-state index contributed by atoms with van der Waals surface area (Å²) in [4.78, 5) is 6.72. The van der Waals surface area contributed by atoms with Crippen LogP contribution >= 0.6 is 0 Å². The zero-order valence-corrected chi connectivity index (χ0v) is 11.2. The molecule has 2 heterocycles. The minimum atomic E-state index is -0.0988. The smallest absolute Gasteiger partial charge is 0.240 e. The largest absolute Gasteiger partial charge is 0.371 e. The summed E-state index contributed by atoms with van der Waals surface area (Å²) in [5, 5.41) is 7.35. The van der Waals surface area contributed by atoms with Gasteiger partial charge in [0.05, 0.1) is 6.54 Å². The third kappa shape index (κ3) is 3.76. The standard InChI is InChI=1S/C12H22N4O2/c1-3-17-10(2)12-14-11(18-15-12)9-16-7-4-5-13-6-8-16/h10,13H,3-9H2,1-2H3/t10-/m1/s1. The van der Waals surface area contributed by atoms with Crippen LogP contribution < -0.4 is 5.32 Å². The van der Waals surface area contributed by atoms with Gasteiger partial charge in [-0.2, -0.15) is 4.98 Å². The molecule has 18 heavy (non-hydrogen) atoms. The van der Waals surface area contributed by atoms with E-state index in [0.29, 0.717) is 18.3 Å². The summed E-state index contributed by atoms with van der Waals surface area (Å²) in [5.41, 5.74) is 0. The molecule has 1 aliphatic heterocycles. The van der Waals surface area contributed by atoms with Gasteiger partial charge in [-0.15, -0.1) is 0 Å².